The highest BCUT2D eigenvalue weighted by Gasteiger charge is 2.38. The molecule has 1 saturated carbocycles. The summed E-state index contributed by atoms with van der Waals surface area (Å²) < 4.78 is 29.2. The van der Waals surface area contributed by atoms with Crippen LogP contribution < -0.4 is 21.3 Å². The Balaban J connectivity index is 1.52. The summed E-state index contributed by atoms with van der Waals surface area (Å²) in [6, 6.07) is 0.209. The van der Waals surface area contributed by atoms with Gasteiger partial charge in [0, 0.05) is 38.8 Å². The average molecular weight is 393 g/mol. The van der Waals surface area contributed by atoms with Gasteiger partial charge in [-0.2, -0.15) is 0 Å². The van der Waals surface area contributed by atoms with Crippen LogP contribution >= 0.6 is 11.8 Å². The minimum Gasteiger partial charge on any atom is -0.365 e. The van der Waals surface area contributed by atoms with E-state index in [9.17, 15) is 8.42 Å². The fourth-order valence-corrected chi connectivity index (χ4v) is 6.32. The molecule has 146 valence electrons. The molecule has 0 spiro atoms. The van der Waals surface area contributed by atoms with Crippen molar-refractivity contribution in [1.29, 1.82) is 0 Å². The van der Waals surface area contributed by atoms with Crippen LogP contribution in [-0.2, 0) is 14.6 Å². The number of sulfone groups is 1. The summed E-state index contributed by atoms with van der Waals surface area (Å²) in [5.41, 5.74) is 0. The van der Waals surface area contributed by atoms with E-state index >= 15 is 0 Å². The lowest BCUT2D eigenvalue weighted by atomic mass is 9.82. The molecule has 4 unspecified atom stereocenters. The van der Waals surface area contributed by atoms with Crippen molar-refractivity contribution in [2.75, 3.05) is 38.8 Å². The lowest BCUT2D eigenvalue weighted by molar-refractivity contribution is -0.0123. The van der Waals surface area contributed by atoms with Crippen molar-refractivity contribution in [2.45, 2.75) is 54.7 Å². The number of ether oxygens (including phenoxy) is 1. The van der Waals surface area contributed by atoms with Gasteiger partial charge < -0.3 is 10.1 Å². The van der Waals surface area contributed by atoms with Crippen molar-refractivity contribution in [3.63, 3.8) is 0 Å². The van der Waals surface area contributed by atoms with Crippen LogP contribution in [-0.4, -0.2) is 76.2 Å². The smallest absolute Gasteiger partial charge is 0.150 e. The molecule has 7 nitrogen and oxygen atoms in total. The molecule has 0 radical (unpaired) electrons. The number of methoxy groups -OCH3 is 1. The van der Waals surface area contributed by atoms with Gasteiger partial charge in [-0.1, -0.05) is 0 Å². The van der Waals surface area contributed by atoms with Gasteiger partial charge in [-0.15, -0.1) is 11.8 Å². The molecular weight excluding hydrogens is 360 g/mol. The first-order chi connectivity index (χ1) is 12.0. The fraction of sp³-hybridized carbons (Fsp3) is 1.00. The Labute approximate surface area is 155 Å². The number of hydrogen-bond acceptors (Lipinski definition) is 8. The van der Waals surface area contributed by atoms with Gasteiger partial charge in [-0.3, -0.25) is 16.0 Å². The van der Waals surface area contributed by atoms with Gasteiger partial charge in [0.15, 0.2) is 0 Å². The number of thioether (sulfide) groups is 1. The standard InChI is InChI=1S/C16H32N4O3S2/c1-23-16-15(11-3-5-12(6-4-11)25(2,21)22)20-13(9-19-16)18-10-14-17-7-8-24-14/h11-20H,3-10H2,1-2H3. The highest BCUT2D eigenvalue weighted by molar-refractivity contribution is 8.00. The second-order valence-corrected chi connectivity index (χ2v) is 11.0. The van der Waals surface area contributed by atoms with Crippen LogP contribution in [0.15, 0.2) is 0 Å². The maximum absolute atomic E-state index is 11.8. The highest BCUT2D eigenvalue weighted by atomic mass is 32.2. The Kier molecular flexibility index (Phi) is 7.03. The lowest BCUT2D eigenvalue weighted by Crippen LogP contribution is -2.68. The van der Waals surface area contributed by atoms with Crippen LogP contribution in [0.5, 0.6) is 0 Å². The highest BCUT2D eigenvalue weighted by Crippen LogP contribution is 2.32. The number of nitrogens with one attached hydrogen (secondary N) is 4. The molecule has 2 aliphatic heterocycles. The lowest BCUT2D eigenvalue weighted by Gasteiger charge is -2.43. The largest absolute Gasteiger partial charge is 0.365 e. The summed E-state index contributed by atoms with van der Waals surface area (Å²) in [5.74, 6) is 1.62. The molecule has 4 atom stereocenters. The molecule has 0 aromatic rings. The van der Waals surface area contributed by atoms with Gasteiger partial charge in [0.2, 0.25) is 0 Å². The molecule has 4 N–H and O–H groups in total. The minimum absolute atomic E-state index is 0.0168. The molecular formula is C16H32N4O3S2. The zero-order valence-corrected chi connectivity index (χ0v) is 16.8. The molecule has 1 aliphatic carbocycles. The van der Waals surface area contributed by atoms with Crippen molar-refractivity contribution in [3.05, 3.63) is 0 Å². The molecule has 3 aliphatic rings. The van der Waals surface area contributed by atoms with Crippen LogP contribution in [0.3, 0.4) is 0 Å². The molecule has 2 saturated heterocycles. The first-order valence-corrected chi connectivity index (χ1v) is 12.3. The Morgan fingerprint density at radius 2 is 1.96 bits per heavy atom. The van der Waals surface area contributed by atoms with Gasteiger partial charge >= 0.3 is 0 Å². The maximum Gasteiger partial charge on any atom is 0.150 e. The Bertz CT molecular complexity index is 519. The van der Waals surface area contributed by atoms with E-state index in [1.54, 1.807) is 7.11 Å². The Morgan fingerprint density at radius 3 is 2.56 bits per heavy atom. The SMILES string of the molecule is COC1NCC(NCC2NCCS2)NC1C1CCC(S(C)(=O)=O)CC1. The van der Waals surface area contributed by atoms with E-state index in [4.69, 9.17) is 4.74 Å². The van der Waals surface area contributed by atoms with E-state index < -0.39 is 9.84 Å². The zero-order valence-electron chi connectivity index (χ0n) is 15.2. The number of rotatable bonds is 6. The average Bonchev–Trinajstić information content (AvgIpc) is 3.12. The van der Waals surface area contributed by atoms with Crippen molar-refractivity contribution >= 4 is 21.6 Å². The first kappa shape index (κ1) is 19.9. The van der Waals surface area contributed by atoms with E-state index in [2.05, 4.69) is 21.3 Å². The zero-order chi connectivity index (χ0) is 17.9. The predicted octanol–water partition coefficient (Wildman–Crippen LogP) is -0.298. The third kappa shape index (κ3) is 5.31. The predicted molar refractivity (Wildman–Crippen MR) is 102 cm³/mol. The maximum atomic E-state index is 11.8. The van der Waals surface area contributed by atoms with Gasteiger partial charge in [0.05, 0.1) is 22.8 Å². The third-order valence-electron chi connectivity index (χ3n) is 5.67. The molecule has 0 aromatic heterocycles. The van der Waals surface area contributed by atoms with Gasteiger partial charge in [0.25, 0.3) is 0 Å². The van der Waals surface area contributed by atoms with Crippen molar-refractivity contribution in [1.82, 2.24) is 21.3 Å². The molecule has 9 heteroatoms. The van der Waals surface area contributed by atoms with Crippen molar-refractivity contribution < 1.29 is 13.2 Å². The van der Waals surface area contributed by atoms with E-state index in [-0.39, 0.29) is 23.7 Å². The van der Waals surface area contributed by atoms with E-state index in [0.29, 0.717) is 11.3 Å². The van der Waals surface area contributed by atoms with E-state index in [0.717, 1.165) is 45.3 Å². The molecule has 3 fully saturated rings. The van der Waals surface area contributed by atoms with Crippen molar-refractivity contribution in [2.24, 2.45) is 5.92 Å². The molecule has 0 aromatic carbocycles. The van der Waals surface area contributed by atoms with Gasteiger partial charge in [0.1, 0.15) is 16.1 Å². The van der Waals surface area contributed by atoms with Crippen LogP contribution in [0.4, 0.5) is 0 Å². The van der Waals surface area contributed by atoms with E-state index in [1.165, 1.54) is 12.0 Å². The van der Waals surface area contributed by atoms with Gasteiger partial charge in [-0.25, -0.2) is 8.42 Å². The second-order valence-electron chi connectivity index (χ2n) is 7.40. The normalized spacial score (nSPS) is 40.2. The minimum atomic E-state index is -2.92. The summed E-state index contributed by atoms with van der Waals surface area (Å²) in [5, 5.41) is 14.6. The Morgan fingerprint density at radius 1 is 1.20 bits per heavy atom. The summed E-state index contributed by atoms with van der Waals surface area (Å²) >= 11 is 1.96. The summed E-state index contributed by atoms with van der Waals surface area (Å²) in [4.78, 5) is 0. The van der Waals surface area contributed by atoms with Gasteiger partial charge in [-0.05, 0) is 31.6 Å². The number of piperazine rings is 1. The number of hydrogen-bond donors (Lipinski definition) is 4. The van der Waals surface area contributed by atoms with E-state index in [1.807, 2.05) is 11.8 Å². The fourth-order valence-electron chi connectivity index (χ4n) is 4.22. The summed E-state index contributed by atoms with van der Waals surface area (Å²) in [6.45, 7) is 2.85. The quantitative estimate of drug-likeness (QED) is 0.490. The molecule has 25 heavy (non-hydrogen) atoms. The van der Waals surface area contributed by atoms with Crippen LogP contribution in [0.25, 0.3) is 0 Å². The summed E-state index contributed by atoms with van der Waals surface area (Å²) in [6.07, 6.45) is 4.96. The van der Waals surface area contributed by atoms with Crippen LogP contribution in [0.2, 0.25) is 0 Å². The molecule has 0 amide bonds. The van der Waals surface area contributed by atoms with Crippen molar-refractivity contribution in [3.8, 4) is 0 Å². The first-order valence-electron chi connectivity index (χ1n) is 9.27. The molecule has 2 heterocycles. The summed E-state index contributed by atoms with van der Waals surface area (Å²) in [7, 11) is -1.18. The molecule has 3 rings (SSSR count). The monoisotopic (exact) mass is 392 g/mol. The topological polar surface area (TPSA) is 91.5 Å². The molecule has 0 bridgehead atoms. The second kappa shape index (κ2) is 8.86. The van der Waals surface area contributed by atoms with Crippen LogP contribution in [0.1, 0.15) is 25.7 Å². The third-order valence-corrected chi connectivity index (χ3v) is 8.53. The van der Waals surface area contributed by atoms with Crippen LogP contribution in [0, 0.1) is 5.92 Å². The Hall–Kier alpha value is 0.1000.